The average Bonchev–Trinajstić information content (AvgIpc) is 3.27. The molecule has 0 N–H and O–H groups in total. The highest BCUT2D eigenvalue weighted by atomic mass is 31.0. The highest BCUT2D eigenvalue weighted by molar-refractivity contribution is 7.13. The van der Waals surface area contributed by atoms with Crippen molar-refractivity contribution in [3.63, 3.8) is 0 Å². The van der Waals surface area contributed by atoms with Gasteiger partial charge in [-0.05, 0) is 58.0 Å². The summed E-state index contributed by atoms with van der Waals surface area (Å²) >= 11 is 0. The van der Waals surface area contributed by atoms with Crippen molar-refractivity contribution >= 4 is 9.39 Å². The second-order valence-electron chi connectivity index (χ2n) is 7.32. The maximum absolute atomic E-state index is 3.11. The third-order valence-corrected chi connectivity index (χ3v) is 6.88. The predicted molar refractivity (Wildman–Crippen MR) is 90.0 cm³/mol. The Morgan fingerprint density at radius 1 is 0.667 bits per heavy atom. The van der Waals surface area contributed by atoms with E-state index in [9.17, 15) is 0 Å². The highest BCUT2D eigenvalue weighted by Crippen LogP contribution is 2.45. The topological polar surface area (TPSA) is 13.0 Å². The summed E-state index contributed by atoms with van der Waals surface area (Å²) in [6.07, 6.45) is 9.71. The fraction of sp³-hybridized carbons (Fsp3) is 1.00. The predicted octanol–water partition coefficient (Wildman–Crippen LogP) is 1.79. The number of rotatable bonds is 3. The minimum absolute atomic E-state index is 0.183. The summed E-state index contributed by atoms with van der Waals surface area (Å²) in [6, 6.07) is 0.716. The third-order valence-electron chi connectivity index (χ3n) is 6.24. The van der Waals surface area contributed by atoms with E-state index in [-0.39, 0.29) is 5.79 Å². The molecule has 0 bridgehead atoms. The highest BCUT2D eigenvalue weighted by Gasteiger charge is 2.58. The summed E-state index contributed by atoms with van der Waals surface area (Å²) in [5.41, 5.74) is 0. The van der Waals surface area contributed by atoms with Gasteiger partial charge in [0, 0.05) is 32.7 Å². The third kappa shape index (κ3) is 2.30. The molecular weight excluding hydrogens is 279 g/mol. The molecule has 0 saturated carbocycles. The van der Waals surface area contributed by atoms with Gasteiger partial charge in [-0.25, -0.2) is 0 Å². The van der Waals surface area contributed by atoms with Crippen molar-refractivity contribution in [1.29, 1.82) is 0 Å². The van der Waals surface area contributed by atoms with E-state index in [1.54, 1.807) is 0 Å². The quantitative estimate of drug-likeness (QED) is 0.737. The van der Waals surface area contributed by atoms with Gasteiger partial charge >= 0.3 is 0 Å². The van der Waals surface area contributed by atoms with Gasteiger partial charge in [0.05, 0.1) is 6.04 Å². The summed E-state index contributed by atoms with van der Waals surface area (Å²) < 4.78 is 2.63. The SMILES string of the molecule is PN1CCC(N2CCCC2)C1(N1CCCC1)N1CCCC1. The molecule has 21 heavy (non-hydrogen) atoms. The first-order valence-corrected chi connectivity index (χ1v) is 9.61. The van der Waals surface area contributed by atoms with E-state index in [0.29, 0.717) is 6.04 Å². The van der Waals surface area contributed by atoms with Crippen molar-refractivity contribution in [3.05, 3.63) is 0 Å². The second kappa shape index (κ2) is 6.05. The lowest BCUT2D eigenvalue weighted by Crippen LogP contribution is -2.71. The lowest BCUT2D eigenvalue weighted by atomic mass is 10.1. The zero-order valence-corrected chi connectivity index (χ0v) is 14.5. The van der Waals surface area contributed by atoms with Gasteiger partial charge in [-0.3, -0.25) is 19.4 Å². The average molecular weight is 310 g/mol. The van der Waals surface area contributed by atoms with E-state index in [1.165, 1.54) is 90.8 Å². The Balaban J connectivity index is 1.70. The zero-order valence-electron chi connectivity index (χ0n) is 13.3. The van der Waals surface area contributed by atoms with E-state index >= 15 is 0 Å². The molecule has 0 aromatic carbocycles. The van der Waals surface area contributed by atoms with Crippen LogP contribution in [0.2, 0.25) is 0 Å². The molecule has 0 aliphatic carbocycles. The minimum atomic E-state index is 0.183. The Morgan fingerprint density at radius 3 is 1.67 bits per heavy atom. The number of nitrogens with zero attached hydrogens (tertiary/aromatic N) is 4. The van der Waals surface area contributed by atoms with Crippen molar-refractivity contribution < 1.29 is 0 Å². The molecule has 2 atom stereocenters. The fourth-order valence-corrected chi connectivity index (χ4v) is 6.02. The molecule has 0 amide bonds. The van der Waals surface area contributed by atoms with Gasteiger partial charge in [-0.15, -0.1) is 0 Å². The molecule has 4 nitrogen and oxygen atoms in total. The summed E-state index contributed by atoms with van der Waals surface area (Å²) in [5.74, 6) is 0.183. The number of likely N-dealkylation sites (tertiary alicyclic amines) is 3. The molecule has 120 valence electrons. The molecule has 4 saturated heterocycles. The van der Waals surface area contributed by atoms with Crippen LogP contribution in [-0.4, -0.2) is 77.0 Å². The molecule has 2 unspecified atom stereocenters. The fourth-order valence-electron chi connectivity index (χ4n) is 5.37. The van der Waals surface area contributed by atoms with Crippen LogP contribution in [-0.2, 0) is 0 Å². The lowest BCUT2D eigenvalue weighted by molar-refractivity contribution is -0.131. The van der Waals surface area contributed by atoms with Gasteiger partial charge in [-0.1, -0.05) is 9.39 Å². The van der Waals surface area contributed by atoms with Crippen molar-refractivity contribution in [2.45, 2.75) is 56.8 Å². The van der Waals surface area contributed by atoms with Crippen molar-refractivity contribution in [1.82, 2.24) is 19.4 Å². The van der Waals surface area contributed by atoms with Gasteiger partial charge in [0.1, 0.15) is 5.79 Å². The van der Waals surface area contributed by atoms with Crippen LogP contribution in [0.4, 0.5) is 0 Å². The monoisotopic (exact) mass is 310 g/mol. The van der Waals surface area contributed by atoms with Gasteiger partial charge in [0.25, 0.3) is 0 Å². The summed E-state index contributed by atoms with van der Waals surface area (Å²) in [4.78, 5) is 8.49. The lowest BCUT2D eigenvalue weighted by Gasteiger charge is -2.54. The smallest absolute Gasteiger partial charge is 0.150 e. The van der Waals surface area contributed by atoms with E-state index in [4.69, 9.17) is 0 Å². The Morgan fingerprint density at radius 2 is 1.14 bits per heavy atom. The van der Waals surface area contributed by atoms with E-state index in [1.807, 2.05) is 0 Å². The molecule has 4 rings (SSSR count). The molecule has 4 heterocycles. The van der Waals surface area contributed by atoms with Crippen LogP contribution < -0.4 is 0 Å². The first kappa shape index (κ1) is 14.8. The molecule has 0 spiro atoms. The van der Waals surface area contributed by atoms with Gasteiger partial charge in [0.2, 0.25) is 0 Å². The van der Waals surface area contributed by atoms with E-state index in [2.05, 4.69) is 28.8 Å². The molecule has 0 radical (unpaired) electrons. The molecule has 5 heteroatoms. The number of hydrogen-bond donors (Lipinski definition) is 0. The molecular formula is C16H31N4P. The molecule has 4 aliphatic heterocycles. The number of hydrogen-bond acceptors (Lipinski definition) is 4. The van der Waals surface area contributed by atoms with Crippen LogP contribution in [0.5, 0.6) is 0 Å². The van der Waals surface area contributed by atoms with Crippen LogP contribution >= 0.6 is 9.39 Å². The van der Waals surface area contributed by atoms with Gasteiger partial charge in [0.15, 0.2) is 0 Å². The van der Waals surface area contributed by atoms with Crippen LogP contribution in [0.3, 0.4) is 0 Å². The normalized spacial score (nSPS) is 36.1. The van der Waals surface area contributed by atoms with Crippen LogP contribution in [0, 0.1) is 0 Å². The summed E-state index contributed by atoms with van der Waals surface area (Å²) in [7, 11) is 3.11. The van der Waals surface area contributed by atoms with E-state index < -0.39 is 0 Å². The van der Waals surface area contributed by atoms with Crippen LogP contribution in [0.15, 0.2) is 0 Å². The molecule has 4 fully saturated rings. The van der Waals surface area contributed by atoms with Crippen LogP contribution in [0.1, 0.15) is 44.9 Å². The van der Waals surface area contributed by atoms with Crippen molar-refractivity contribution in [2.75, 3.05) is 45.8 Å². The van der Waals surface area contributed by atoms with Gasteiger partial charge < -0.3 is 0 Å². The Hall–Kier alpha value is 0.270. The Bertz CT molecular complexity index is 343. The second-order valence-corrected chi connectivity index (χ2v) is 7.94. The summed E-state index contributed by atoms with van der Waals surface area (Å²) in [5, 5.41) is 0. The van der Waals surface area contributed by atoms with Crippen LogP contribution in [0.25, 0.3) is 0 Å². The van der Waals surface area contributed by atoms with Crippen molar-refractivity contribution in [3.8, 4) is 0 Å². The van der Waals surface area contributed by atoms with Gasteiger partial charge in [-0.2, -0.15) is 0 Å². The first-order chi connectivity index (χ1) is 10.3. The minimum Gasteiger partial charge on any atom is -0.296 e. The van der Waals surface area contributed by atoms with E-state index in [0.717, 1.165) is 0 Å². The summed E-state index contributed by atoms with van der Waals surface area (Å²) in [6.45, 7) is 9.08. The first-order valence-electron chi connectivity index (χ1n) is 9.10. The maximum atomic E-state index is 3.11. The maximum Gasteiger partial charge on any atom is 0.150 e. The largest absolute Gasteiger partial charge is 0.296 e. The Labute approximate surface area is 132 Å². The molecule has 0 aromatic heterocycles. The molecule has 0 aromatic rings. The molecule has 4 aliphatic rings. The zero-order chi connectivity index (χ0) is 14.3. The standard InChI is InChI=1S/C16H31N4P/c21-20-14-7-15(17-8-1-2-9-17)16(20,18-10-3-4-11-18)19-12-5-6-13-19/h15H,1-14,21H2. The Kier molecular flexibility index (Phi) is 4.27. The van der Waals surface area contributed by atoms with Crippen molar-refractivity contribution in [2.24, 2.45) is 0 Å².